The van der Waals surface area contributed by atoms with Crippen LogP contribution in [0, 0.1) is 5.41 Å². The van der Waals surface area contributed by atoms with Gasteiger partial charge < -0.3 is 19.9 Å². The van der Waals surface area contributed by atoms with E-state index in [9.17, 15) is 9.59 Å². The highest BCUT2D eigenvalue weighted by Gasteiger charge is 2.31. The number of methoxy groups -OCH3 is 1. The lowest BCUT2D eigenvalue weighted by molar-refractivity contribution is -0.152. The van der Waals surface area contributed by atoms with Crippen molar-refractivity contribution in [1.82, 2.24) is 0 Å². The molecule has 1 aromatic carbocycles. The van der Waals surface area contributed by atoms with Crippen LogP contribution in [0.4, 0.5) is 5.69 Å². The number of benzene rings is 1. The van der Waals surface area contributed by atoms with E-state index in [4.69, 9.17) is 15.2 Å². The molecule has 1 aromatic rings. The Balaban J connectivity index is 2.86. The Morgan fingerprint density at radius 1 is 1.29 bits per heavy atom. The van der Waals surface area contributed by atoms with Crippen LogP contribution in [0.3, 0.4) is 0 Å². The molecular weight excluding hydrogens is 274 g/mol. The van der Waals surface area contributed by atoms with Crippen LogP contribution in [0.5, 0.6) is 5.75 Å². The summed E-state index contributed by atoms with van der Waals surface area (Å²) in [6.07, 6.45) is 0. The minimum atomic E-state index is -0.920. The summed E-state index contributed by atoms with van der Waals surface area (Å²) in [5, 5.41) is 0. The van der Waals surface area contributed by atoms with Gasteiger partial charge in [-0.1, -0.05) is 6.07 Å². The Labute approximate surface area is 124 Å². The van der Waals surface area contributed by atoms with Crippen molar-refractivity contribution < 1.29 is 23.8 Å². The third-order valence-corrected chi connectivity index (χ3v) is 2.86. The Kier molecular flexibility index (Phi) is 5.58. The average Bonchev–Trinajstić information content (AvgIpc) is 2.46. The molecule has 2 N–H and O–H groups in total. The summed E-state index contributed by atoms with van der Waals surface area (Å²) in [6.45, 7) is 5.34. The molecule has 0 aliphatic rings. The molecule has 0 fully saturated rings. The fourth-order valence-corrected chi connectivity index (χ4v) is 1.68. The Morgan fingerprint density at radius 3 is 2.52 bits per heavy atom. The molecule has 0 atom stereocenters. The van der Waals surface area contributed by atoms with Crippen molar-refractivity contribution in [2.24, 2.45) is 5.41 Å². The molecule has 0 aliphatic carbocycles. The molecule has 0 saturated carbocycles. The summed E-state index contributed by atoms with van der Waals surface area (Å²) in [4.78, 5) is 23.7. The third-order valence-electron chi connectivity index (χ3n) is 2.86. The fraction of sp³-hybridized carbons (Fsp3) is 0.467. The predicted octanol–water partition coefficient (Wildman–Crippen LogP) is 2.02. The first-order valence-corrected chi connectivity index (χ1v) is 6.60. The van der Waals surface area contributed by atoms with Crippen LogP contribution >= 0.6 is 0 Å². The van der Waals surface area contributed by atoms with Crippen LogP contribution in [-0.4, -0.2) is 32.3 Å². The predicted molar refractivity (Wildman–Crippen MR) is 78.1 cm³/mol. The second-order valence-corrected chi connectivity index (χ2v) is 5.11. The summed E-state index contributed by atoms with van der Waals surface area (Å²) >= 11 is 0. The van der Waals surface area contributed by atoms with Gasteiger partial charge in [0.2, 0.25) is 0 Å². The Bertz CT molecular complexity index is 525. The number of hydrogen-bond acceptors (Lipinski definition) is 6. The van der Waals surface area contributed by atoms with Gasteiger partial charge in [0, 0.05) is 0 Å². The number of hydrogen-bond donors (Lipinski definition) is 1. The minimum Gasteiger partial charge on any atom is -0.491 e. The van der Waals surface area contributed by atoms with E-state index in [2.05, 4.69) is 4.74 Å². The number of anilines is 1. The van der Waals surface area contributed by atoms with Gasteiger partial charge in [-0.15, -0.1) is 0 Å². The number of ether oxygens (including phenoxy) is 3. The van der Waals surface area contributed by atoms with E-state index < -0.39 is 17.4 Å². The highest BCUT2D eigenvalue weighted by molar-refractivity contribution is 5.94. The normalized spacial score (nSPS) is 10.9. The lowest BCUT2D eigenvalue weighted by Gasteiger charge is -2.21. The Morgan fingerprint density at radius 2 is 1.95 bits per heavy atom. The highest BCUT2D eigenvalue weighted by atomic mass is 16.5. The molecule has 6 heteroatoms. The molecule has 0 amide bonds. The molecule has 116 valence electrons. The van der Waals surface area contributed by atoms with E-state index in [1.165, 1.54) is 7.11 Å². The second kappa shape index (κ2) is 6.97. The SMILES string of the molecule is CCOc1c(N)cccc1C(=O)OCC(C)(C)C(=O)OC. The zero-order valence-electron chi connectivity index (χ0n) is 12.8. The summed E-state index contributed by atoms with van der Waals surface area (Å²) in [5.74, 6) is -0.753. The third kappa shape index (κ3) is 4.11. The van der Waals surface area contributed by atoms with E-state index in [0.717, 1.165) is 0 Å². The number of carbonyl (C=O) groups is 2. The van der Waals surface area contributed by atoms with Gasteiger partial charge in [0.15, 0.2) is 5.75 Å². The first-order chi connectivity index (χ1) is 9.83. The molecule has 0 spiro atoms. The molecule has 0 radical (unpaired) electrons. The minimum absolute atomic E-state index is 0.0983. The molecule has 0 saturated heterocycles. The topological polar surface area (TPSA) is 87.9 Å². The quantitative estimate of drug-likeness (QED) is 0.638. The van der Waals surface area contributed by atoms with Crippen LogP contribution in [0.15, 0.2) is 18.2 Å². The van der Waals surface area contributed by atoms with Gasteiger partial charge in [0.1, 0.15) is 12.2 Å². The number of carbonyl (C=O) groups excluding carboxylic acids is 2. The molecular formula is C15H21NO5. The van der Waals surface area contributed by atoms with Crippen LogP contribution in [-0.2, 0) is 14.3 Å². The Hall–Kier alpha value is -2.24. The number of nitrogens with two attached hydrogens (primary N) is 1. The number of nitrogen functional groups attached to an aromatic ring is 1. The van der Waals surface area contributed by atoms with Gasteiger partial charge in [-0.3, -0.25) is 4.79 Å². The monoisotopic (exact) mass is 295 g/mol. The summed E-state index contributed by atoms with van der Waals surface area (Å²) in [7, 11) is 1.29. The first kappa shape index (κ1) is 16.8. The first-order valence-electron chi connectivity index (χ1n) is 6.60. The summed E-state index contributed by atoms with van der Waals surface area (Å²) < 4.78 is 15.2. The molecule has 0 aromatic heterocycles. The molecule has 6 nitrogen and oxygen atoms in total. The van der Waals surface area contributed by atoms with Crippen LogP contribution < -0.4 is 10.5 Å². The van der Waals surface area contributed by atoms with Crippen molar-refractivity contribution in [1.29, 1.82) is 0 Å². The maximum Gasteiger partial charge on any atom is 0.342 e. The van der Waals surface area contributed by atoms with Gasteiger partial charge in [-0.25, -0.2) is 4.79 Å². The van der Waals surface area contributed by atoms with Crippen molar-refractivity contribution in [3.63, 3.8) is 0 Å². The van der Waals surface area contributed by atoms with E-state index in [-0.39, 0.29) is 12.2 Å². The highest BCUT2D eigenvalue weighted by Crippen LogP contribution is 2.28. The molecule has 1 rings (SSSR count). The van der Waals surface area contributed by atoms with E-state index in [1.807, 2.05) is 0 Å². The van der Waals surface area contributed by atoms with Crippen LogP contribution in [0.2, 0.25) is 0 Å². The number of para-hydroxylation sites is 1. The van der Waals surface area contributed by atoms with Gasteiger partial charge in [-0.05, 0) is 32.9 Å². The van der Waals surface area contributed by atoms with E-state index in [0.29, 0.717) is 18.0 Å². The van der Waals surface area contributed by atoms with E-state index >= 15 is 0 Å². The zero-order chi connectivity index (χ0) is 16.0. The van der Waals surface area contributed by atoms with Crippen molar-refractivity contribution in [3.8, 4) is 5.75 Å². The molecule has 0 aliphatic heterocycles. The van der Waals surface area contributed by atoms with Crippen molar-refractivity contribution >= 4 is 17.6 Å². The van der Waals surface area contributed by atoms with Crippen molar-refractivity contribution in [2.45, 2.75) is 20.8 Å². The van der Waals surface area contributed by atoms with Gasteiger partial charge in [0.05, 0.1) is 24.8 Å². The summed E-state index contributed by atoms with van der Waals surface area (Å²) in [6, 6.07) is 4.84. The standard InChI is InChI=1S/C15H21NO5/c1-5-20-12-10(7-6-8-11(12)16)13(17)21-9-15(2,3)14(18)19-4/h6-8H,5,9,16H2,1-4H3. The van der Waals surface area contributed by atoms with Crippen LogP contribution in [0.1, 0.15) is 31.1 Å². The summed E-state index contributed by atoms with van der Waals surface area (Å²) in [5.41, 5.74) is 5.46. The maximum absolute atomic E-state index is 12.1. The molecule has 21 heavy (non-hydrogen) atoms. The largest absolute Gasteiger partial charge is 0.491 e. The second-order valence-electron chi connectivity index (χ2n) is 5.11. The lowest BCUT2D eigenvalue weighted by Crippen LogP contribution is -2.32. The van der Waals surface area contributed by atoms with E-state index in [1.54, 1.807) is 39.0 Å². The van der Waals surface area contributed by atoms with Crippen molar-refractivity contribution in [3.05, 3.63) is 23.8 Å². The lowest BCUT2D eigenvalue weighted by atomic mass is 9.95. The zero-order valence-corrected chi connectivity index (χ0v) is 12.8. The molecule has 0 bridgehead atoms. The smallest absolute Gasteiger partial charge is 0.342 e. The number of esters is 2. The van der Waals surface area contributed by atoms with Crippen molar-refractivity contribution in [2.75, 3.05) is 26.1 Å². The fourth-order valence-electron chi connectivity index (χ4n) is 1.68. The maximum atomic E-state index is 12.1. The van der Waals surface area contributed by atoms with Crippen LogP contribution in [0.25, 0.3) is 0 Å². The van der Waals surface area contributed by atoms with Gasteiger partial charge >= 0.3 is 11.9 Å². The van der Waals surface area contributed by atoms with Gasteiger partial charge in [0.25, 0.3) is 0 Å². The molecule has 0 heterocycles. The molecule has 0 unspecified atom stereocenters. The average molecular weight is 295 g/mol. The number of rotatable bonds is 6. The van der Waals surface area contributed by atoms with Gasteiger partial charge in [-0.2, -0.15) is 0 Å².